The number of carbonyl (C=O) groups is 1. The molecule has 4 nitrogen and oxygen atoms in total. The SMILES string of the molecule is O=C1CCC(C(O)CO)O1. The molecule has 0 bridgehead atoms. The lowest BCUT2D eigenvalue weighted by atomic mass is 10.1. The van der Waals surface area contributed by atoms with Crippen LogP contribution in [-0.4, -0.2) is 35.0 Å². The minimum atomic E-state index is -0.911. The van der Waals surface area contributed by atoms with Gasteiger partial charge in [0.2, 0.25) is 0 Å². The van der Waals surface area contributed by atoms with Crippen molar-refractivity contribution in [1.82, 2.24) is 0 Å². The lowest BCUT2D eigenvalue weighted by molar-refractivity contribution is -0.146. The molecule has 2 N–H and O–H groups in total. The van der Waals surface area contributed by atoms with Crippen LogP contribution in [-0.2, 0) is 9.53 Å². The summed E-state index contributed by atoms with van der Waals surface area (Å²) in [5.74, 6) is -0.294. The molecule has 0 aromatic rings. The van der Waals surface area contributed by atoms with Crippen molar-refractivity contribution in [2.24, 2.45) is 0 Å². The summed E-state index contributed by atoms with van der Waals surface area (Å²) < 4.78 is 4.67. The van der Waals surface area contributed by atoms with Crippen LogP contribution in [0.25, 0.3) is 0 Å². The van der Waals surface area contributed by atoms with Crippen LogP contribution < -0.4 is 0 Å². The van der Waals surface area contributed by atoms with Crippen LogP contribution in [0.3, 0.4) is 0 Å². The van der Waals surface area contributed by atoms with Crippen molar-refractivity contribution < 1.29 is 19.7 Å². The van der Waals surface area contributed by atoms with E-state index in [1.165, 1.54) is 0 Å². The molecule has 1 aliphatic rings. The van der Waals surface area contributed by atoms with Gasteiger partial charge >= 0.3 is 5.97 Å². The van der Waals surface area contributed by atoms with E-state index in [-0.39, 0.29) is 12.6 Å². The molecule has 2 unspecified atom stereocenters. The predicted molar refractivity (Wildman–Crippen MR) is 32.2 cm³/mol. The van der Waals surface area contributed by atoms with Gasteiger partial charge in [-0.2, -0.15) is 0 Å². The van der Waals surface area contributed by atoms with Crippen molar-refractivity contribution >= 4 is 5.97 Å². The van der Waals surface area contributed by atoms with Gasteiger partial charge in [0.05, 0.1) is 6.61 Å². The topological polar surface area (TPSA) is 66.8 Å². The Morgan fingerprint density at radius 1 is 1.80 bits per heavy atom. The maximum Gasteiger partial charge on any atom is 0.306 e. The fraction of sp³-hybridized carbons (Fsp3) is 0.833. The van der Waals surface area contributed by atoms with Gasteiger partial charge in [0.1, 0.15) is 12.2 Å². The number of hydrogen-bond acceptors (Lipinski definition) is 4. The standard InChI is InChI=1S/C6H10O4/c7-3-4(8)5-1-2-6(9)10-5/h4-5,7-8H,1-3H2. The number of esters is 1. The predicted octanol–water partition coefficient (Wildman–Crippen LogP) is -0.955. The molecular weight excluding hydrogens is 136 g/mol. The highest BCUT2D eigenvalue weighted by atomic mass is 16.6. The molecule has 0 spiro atoms. The van der Waals surface area contributed by atoms with Crippen LogP contribution in [0.2, 0.25) is 0 Å². The van der Waals surface area contributed by atoms with Crippen molar-refractivity contribution in [1.29, 1.82) is 0 Å². The highest BCUT2D eigenvalue weighted by Crippen LogP contribution is 2.16. The van der Waals surface area contributed by atoms with E-state index in [2.05, 4.69) is 4.74 Å². The monoisotopic (exact) mass is 146 g/mol. The summed E-state index contributed by atoms with van der Waals surface area (Å²) in [6.07, 6.45) is -0.536. The van der Waals surface area contributed by atoms with Gasteiger partial charge in [-0.15, -0.1) is 0 Å². The number of aliphatic hydroxyl groups excluding tert-OH is 2. The molecule has 0 aromatic heterocycles. The molecule has 0 saturated carbocycles. The molecule has 4 heteroatoms. The van der Waals surface area contributed by atoms with Crippen LogP contribution >= 0.6 is 0 Å². The molecule has 10 heavy (non-hydrogen) atoms. The summed E-state index contributed by atoms with van der Waals surface area (Å²) in [5.41, 5.74) is 0. The Morgan fingerprint density at radius 3 is 2.90 bits per heavy atom. The third-order valence-electron chi connectivity index (χ3n) is 1.53. The molecule has 1 aliphatic heterocycles. The molecule has 1 saturated heterocycles. The van der Waals surface area contributed by atoms with Crippen LogP contribution in [0.5, 0.6) is 0 Å². The first-order valence-corrected chi connectivity index (χ1v) is 3.22. The smallest absolute Gasteiger partial charge is 0.306 e. The van der Waals surface area contributed by atoms with E-state index in [0.29, 0.717) is 12.8 Å². The van der Waals surface area contributed by atoms with Gasteiger partial charge in [0.25, 0.3) is 0 Å². The number of aliphatic hydroxyl groups is 2. The Morgan fingerprint density at radius 2 is 2.50 bits per heavy atom. The first-order valence-electron chi connectivity index (χ1n) is 3.22. The van der Waals surface area contributed by atoms with Crippen molar-refractivity contribution in [3.8, 4) is 0 Å². The summed E-state index contributed by atoms with van der Waals surface area (Å²) in [6.45, 7) is -0.349. The summed E-state index contributed by atoms with van der Waals surface area (Å²) in [6, 6.07) is 0. The Balaban J connectivity index is 2.36. The zero-order valence-electron chi connectivity index (χ0n) is 5.49. The largest absolute Gasteiger partial charge is 0.459 e. The lowest BCUT2D eigenvalue weighted by Gasteiger charge is -2.13. The van der Waals surface area contributed by atoms with E-state index in [1.54, 1.807) is 0 Å². The van der Waals surface area contributed by atoms with Gasteiger partial charge < -0.3 is 14.9 Å². The highest BCUT2D eigenvalue weighted by molar-refractivity contribution is 5.71. The van der Waals surface area contributed by atoms with Gasteiger partial charge in [0, 0.05) is 6.42 Å². The van der Waals surface area contributed by atoms with E-state index < -0.39 is 12.2 Å². The van der Waals surface area contributed by atoms with Crippen molar-refractivity contribution in [2.75, 3.05) is 6.61 Å². The van der Waals surface area contributed by atoms with Crippen molar-refractivity contribution in [2.45, 2.75) is 25.0 Å². The maximum atomic E-state index is 10.5. The molecule has 2 atom stereocenters. The highest BCUT2D eigenvalue weighted by Gasteiger charge is 2.28. The van der Waals surface area contributed by atoms with Crippen LogP contribution in [0.1, 0.15) is 12.8 Å². The summed E-state index contributed by atoms with van der Waals surface area (Å²) >= 11 is 0. The second-order valence-corrected chi connectivity index (χ2v) is 2.32. The molecule has 0 aromatic carbocycles. The maximum absolute atomic E-state index is 10.5. The van der Waals surface area contributed by atoms with E-state index >= 15 is 0 Å². The Kier molecular flexibility index (Phi) is 2.24. The fourth-order valence-electron chi connectivity index (χ4n) is 0.935. The number of rotatable bonds is 2. The number of hydrogen-bond donors (Lipinski definition) is 2. The van der Waals surface area contributed by atoms with E-state index in [1.807, 2.05) is 0 Å². The lowest BCUT2D eigenvalue weighted by Crippen LogP contribution is -2.28. The fourth-order valence-corrected chi connectivity index (χ4v) is 0.935. The minimum Gasteiger partial charge on any atom is -0.459 e. The quantitative estimate of drug-likeness (QED) is 0.493. The van der Waals surface area contributed by atoms with Gasteiger partial charge in [0.15, 0.2) is 0 Å². The minimum absolute atomic E-state index is 0.294. The van der Waals surface area contributed by atoms with E-state index in [9.17, 15) is 4.79 Å². The molecule has 0 aliphatic carbocycles. The average Bonchev–Trinajstić information content (AvgIpc) is 2.34. The van der Waals surface area contributed by atoms with E-state index in [0.717, 1.165) is 0 Å². The molecule has 1 rings (SSSR count). The Hall–Kier alpha value is -0.610. The summed E-state index contributed by atoms with van der Waals surface area (Å²) in [4.78, 5) is 10.5. The van der Waals surface area contributed by atoms with Crippen molar-refractivity contribution in [3.05, 3.63) is 0 Å². The van der Waals surface area contributed by atoms with Gasteiger partial charge in [-0.05, 0) is 6.42 Å². The van der Waals surface area contributed by atoms with Gasteiger partial charge in [-0.25, -0.2) is 0 Å². The molecule has 58 valence electrons. The summed E-state index contributed by atoms with van der Waals surface area (Å²) in [7, 11) is 0. The number of cyclic esters (lactones) is 1. The van der Waals surface area contributed by atoms with Crippen LogP contribution in [0.4, 0.5) is 0 Å². The second-order valence-electron chi connectivity index (χ2n) is 2.32. The third kappa shape index (κ3) is 1.46. The molecule has 0 amide bonds. The number of ether oxygens (including phenoxy) is 1. The third-order valence-corrected chi connectivity index (χ3v) is 1.53. The molecule has 1 heterocycles. The molecule has 1 fully saturated rings. The zero-order chi connectivity index (χ0) is 7.56. The average molecular weight is 146 g/mol. The second kappa shape index (κ2) is 2.98. The van der Waals surface area contributed by atoms with Crippen molar-refractivity contribution in [3.63, 3.8) is 0 Å². The first kappa shape index (κ1) is 7.50. The molecule has 0 radical (unpaired) electrons. The normalized spacial score (nSPS) is 28.2. The molecular formula is C6H10O4. The summed E-state index contributed by atoms with van der Waals surface area (Å²) in [5, 5.41) is 17.4. The van der Waals surface area contributed by atoms with E-state index in [4.69, 9.17) is 10.2 Å². The van der Waals surface area contributed by atoms with Gasteiger partial charge in [-0.3, -0.25) is 4.79 Å². The van der Waals surface area contributed by atoms with Gasteiger partial charge in [-0.1, -0.05) is 0 Å². The number of carbonyl (C=O) groups excluding carboxylic acids is 1. The van der Waals surface area contributed by atoms with Crippen LogP contribution in [0.15, 0.2) is 0 Å². The Labute approximate surface area is 58.4 Å². The first-order chi connectivity index (χ1) is 4.74. The Bertz CT molecular complexity index is 134. The van der Waals surface area contributed by atoms with Crippen LogP contribution in [0, 0.1) is 0 Å². The zero-order valence-corrected chi connectivity index (χ0v) is 5.49.